The van der Waals surface area contributed by atoms with E-state index in [2.05, 4.69) is 0 Å². The van der Waals surface area contributed by atoms with Crippen LogP contribution in [0.3, 0.4) is 0 Å². The summed E-state index contributed by atoms with van der Waals surface area (Å²) in [5.74, 6) is -0.125. The van der Waals surface area contributed by atoms with Crippen LogP contribution in [0.2, 0.25) is 0 Å². The molecule has 1 aliphatic rings. The molecule has 0 saturated heterocycles. The van der Waals surface area contributed by atoms with Gasteiger partial charge in [0.15, 0.2) is 0 Å². The summed E-state index contributed by atoms with van der Waals surface area (Å²) < 4.78 is 15.6. The molecule has 1 heterocycles. The van der Waals surface area contributed by atoms with E-state index < -0.39 is 38.7 Å². The second-order valence-corrected chi connectivity index (χ2v) is 4.92. The van der Waals surface area contributed by atoms with E-state index in [1.807, 2.05) is 0 Å². The summed E-state index contributed by atoms with van der Waals surface area (Å²) in [6.07, 6.45) is -3.29. The lowest BCUT2D eigenvalue weighted by Crippen LogP contribution is -2.44. The van der Waals surface area contributed by atoms with Gasteiger partial charge in [-0.25, -0.2) is 0 Å². The quantitative estimate of drug-likeness (QED) is 0.367. The first-order valence-electron chi connectivity index (χ1n) is 4.22. The summed E-state index contributed by atoms with van der Waals surface area (Å²) in [5, 5.41) is 27.3. The number of allylic oxidation sites excluding steroid dienone is 1. The maximum Gasteiger partial charge on any atom is 0.333 e. The van der Waals surface area contributed by atoms with Crippen molar-refractivity contribution in [1.82, 2.24) is 0 Å². The molecule has 1 rings (SSSR count). The Morgan fingerprint density at radius 1 is 1.40 bits per heavy atom. The second kappa shape index (κ2) is 4.61. The van der Waals surface area contributed by atoms with Gasteiger partial charge in [0.1, 0.15) is 30.2 Å². The van der Waals surface area contributed by atoms with Crippen molar-refractivity contribution in [3.05, 3.63) is 11.8 Å². The van der Waals surface area contributed by atoms with Gasteiger partial charge in [0.05, 0.1) is 6.61 Å². The molecule has 0 aromatic rings. The van der Waals surface area contributed by atoms with Crippen LogP contribution < -0.4 is 0 Å². The molecule has 8 heteroatoms. The lowest BCUT2D eigenvalue weighted by Gasteiger charge is -2.30. The standard InChI is InChI=1S/C7H13O7P/c8-2-6-7(10)5(9)1-4(14-6)3-15(11,12)13/h1,5-10H,2-3H2,(H2,11,12,13)/t5-,6?,7-/m1/s1. The molecule has 0 bridgehead atoms. The van der Waals surface area contributed by atoms with E-state index in [4.69, 9.17) is 19.6 Å². The molecule has 1 unspecified atom stereocenters. The number of ether oxygens (including phenoxy) is 1. The van der Waals surface area contributed by atoms with Crippen molar-refractivity contribution in [1.29, 1.82) is 0 Å². The topological polar surface area (TPSA) is 127 Å². The lowest BCUT2D eigenvalue weighted by molar-refractivity contribution is -0.0902. The summed E-state index contributed by atoms with van der Waals surface area (Å²) in [5.41, 5.74) is 0. The fourth-order valence-corrected chi connectivity index (χ4v) is 1.84. The zero-order valence-corrected chi connectivity index (χ0v) is 8.62. The minimum atomic E-state index is -4.29. The van der Waals surface area contributed by atoms with Gasteiger partial charge in [-0.05, 0) is 6.08 Å². The number of hydrogen-bond acceptors (Lipinski definition) is 5. The fourth-order valence-electron chi connectivity index (χ4n) is 1.25. The number of rotatable bonds is 3. The van der Waals surface area contributed by atoms with E-state index >= 15 is 0 Å². The monoisotopic (exact) mass is 240 g/mol. The van der Waals surface area contributed by atoms with Gasteiger partial charge in [0.2, 0.25) is 0 Å². The lowest BCUT2D eigenvalue weighted by atomic mass is 10.1. The first-order valence-corrected chi connectivity index (χ1v) is 6.02. The summed E-state index contributed by atoms with van der Waals surface area (Å²) in [7, 11) is -4.29. The van der Waals surface area contributed by atoms with E-state index in [1.165, 1.54) is 0 Å². The predicted octanol–water partition coefficient (Wildman–Crippen LogP) is -1.84. The van der Waals surface area contributed by atoms with Crippen LogP contribution in [0.25, 0.3) is 0 Å². The summed E-state index contributed by atoms with van der Waals surface area (Å²) in [6, 6.07) is 0. The highest BCUT2D eigenvalue weighted by Crippen LogP contribution is 2.38. The van der Waals surface area contributed by atoms with Crippen LogP contribution in [-0.4, -0.2) is 56.2 Å². The Labute approximate surface area is 85.8 Å². The molecule has 0 fully saturated rings. The highest BCUT2D eigenvalue weighted by Gasteiger charge is 2.33. The average molecular weight is 240 g/mol. The first-order chi connectivity index (χ1) is 6.83. The number of aliphatic hydroxyl groups is 3. The van der Waals surface area contributed by atoms with Gasteiger partial charge in [0.25, 0.3) is 0 Å². The fraction of sp³-hybridized carbons (Fsp3) is 0.714. The predicted molar refractivity (Wildman–Crippen MR) is 49.0 cm³/mol. The molecule has 3 atom stereocenters. The maximum atomic E-state index is 10.6. The Balaban J connectivity index is 2.75. The molecular weight excluding hydrogens is 227 g/mol. The summed E-state index contributed by atoms with van der Waals surface area (Å²) >= 11 is 0. The molecular formula is C7H13O7P. The Hall–Kier alpha value is -0.430. The maximum absolute atomic E-state index is 10.6. The van der Waals surface area contributed by atoms with Gasteiger partial charge in [-0.2, -0.15) is 0 Å². The number of hydrogen-bond donors (Lipinski definition) is 5. The Morgan fingerprint density at radius 2 is 2.00 bits per heavy atom. The zero-order chi connectivity index (χ0) is 11.6. The SMILES string of the molecule is O=P(O)(O)CC1=C[C@@H](O)[C@@H](O)C(CO)O1. The van der Waals surface area contributed by atoms with Crippen LogP contribution in [0.4, 0.5) is 0 Å². The summed E-state index contributed by atoms with van der Waals surface area (Å²) in [4.78, 5) is 17.3. The normalized spacial score (nSPS) is 32.1. The van der Waals surface area contributed by atoms with Crippen molar-refractivity contribution < 1.29 is 34.4 Å². The Bertz CT molecular complexity index is 296. The van der Waals surface area contributed by atoms with E-state index in [0.29, 0.717) is 0 Å². The minimum Gasteiger partial charge on any atom is -0.489 e. The van der Waals surface area contributed by atoms with E-state index in [9.17, 15) is 14.8 Å². The van der Waals surface area contributed by atoms with Crippen LogP contribution in [0.15, 0.2) is 11.8 Å². The molecule has 0 amide bonds. The van der Waals surface area contributed by atoms with Crippen LogP contribution in [0, 0.1) is 0 Å². The van der Waals surface area contributed by atoms with E-state index in [0.717, 1.165) is 6.08 Å². The van der Waals surface area contributed by atoms with Crippen LogP contribution in [0.1, 0.15) is 0 Å². The van der Waals surface area contributed by atoms with Crippen molar-refractivity contribution in [3.63, 3.8) is 0 Å². The summed E-state index contributed by atoms with van der Waals surface area (Å²) in [6.45, 7) is -0.545. The van der Waals surface area contributed by atoms with Crippen molar-refractivity contribution in [2.24, 2.45) is 0 Å². The molecule has 0 aromatic heterocycles. The van der Waals surface area contributed by atoms with Gasteiger partial charge in [0, 0.05) is 0 Å². The van der Waals surface area contributed by atoms with Crippen LogP contribution >= 0.6 is 7.60 Å². The third-order valence-electron chi connectivity index (χ3n) is 1.93. The highest BCUT2D eigenvalue weighted by molar-refractivity contribution is 7.52. The van der Waals surface area contributed by atoms with Crippen molar-refractivity contribution >= 4 is 7.60 Å². The molecule has 7 nitrogen and oxygen atoms in total. The van der Waals surface area contributed by atoms with E-state index in [-0.39, 0.29) is 5.76 Å². The molecule has 0 aromatic carbocycles. The highest BCUT2D eigenvalue weighted by atomic mass is 31.2. The van der Waals surface area contributed by atoms with Gasteiger partial charge >= 0.3 is 7.60 Å². The van der Waals surface area contributed by atoms with Crippen molar-refractivity contribution in [2.45, 2.75) is 18.3 Å². The molecule has 15 heavy (non-hydrogen) atoms. The van der Waals surface area contributed by atoms with Crippen LogP contribution in [0.5, 0.6) is 0 Å². The molecule has 5 N–H and O–H groups in total. The van der Waals surface area contributed by atoms with Crippen molar-refractivity contribution in [3.8, 4) is 0 Å². The smallest absolute Gasteiger partial charge is 0.333 e. The minimum absolute atomic E-state index is 0.125. The Morgan fingerprint density at radius 3 is 2.47 bits per heavy atom. The molecule has 88 valence electrons. The van der Waals surface area contributed by atoms with Crippen molar-refractivity contribution in [2.75, 3.05) is 12.8 Å². The molecule has 1 aliphatic heterocycles. The average Bonchev–Trinajstić information content (AvgIpc) is 2.08. The van der Waals surface area contributed by atoms with E-state index in [1.54, 1.807) is 0 Å². The molecule has 0 saturated carbocycles. The van der Waals surface area contributed by atoms with Crippen LogP contribution in [-0.2, 0) is 9.30 Å². The second-order valence-electron chi connectivity index (χ2n) is 3.28. The third kappa shape index (κ3) is 3.57. The number of aliphatic hydroxyl groups excluding tert-OH is 3. The molecule has 0 radical (unpaired) electrons. The van der Waals surface area contributed by atoms with Gasteiger partial charge in [-0.1, -0.05) is 0 Å². The first kappa shape index (κ1) is 12.6. The zero-order valence-electron chi connectivity index (χ0n) is 7.72. The van der Waals surface area contributed by atoms with Gasteiger partial charge in [-0.3, -0.25) is 4.57 Å². The van der Waals surface area contributed by atoms with Gasteiger partial charge < -0.3 is 29.8 Å². The largest absolute Gasteiger partial charge is 0.489 e. The molecule has 0 aliphatic carbocycles. The van der Waals surface area contributed by atoms with Gasteiger partial charge in [-0.15, -0.1) is 0 Å². The third-order valence-corrected chi connectivity index (χ3v) is 2.66. The Kier molecular flexibility index (Phi) is 3.88. The molecule has 0 spiro atoms.